The number of hydrogen-bond acceptors (Lipinski definition) is 7. The second kappa shape index (κ2) is 8.61. The summed E-state index contributed by atoms with van der Waals surface area (Å²) in [6, 6.07) is 1.78. The van der Waals surface area contributed by atoms with Gasteiger partial charge in [0.25, 0.3) is 6.04 Å². The summed E-state index contributed by atoms with van der Waals surface area (Å²) in [5.74, 6) is -0.122. The normalized spacial score (nSPS) is 20.9. The van der Waals surface area contributed by atoms with Crippen molar-refractivity contribution in [1.29, 1.82) is 0 Å². The van der Waals surface area contributed by atoms with Crippen molar-refractivity contribution >= 4 is 35.0 Å². The fraction of sp³-hybridized carbons (Fsp3) is 0.533. The van der Waals surface area contributed by atoms with E-state index in [0.29, 0.717) is 18.1 Å². The van der Waals surface area contributed by atoms with Crippen LogP contribution in [-0.2, 0) is 9.53 Å². The summed E-state index contributed by atoms with van der Waals surface area (Å²) in [5.41, 5.74) is 0.704. The fourth-order valence-corrected chi connectivity index (χ4v) is 3.19. The SMILES string of the molecule is COC(=O)CN1CC([N+](=O)[O-])C(=NC(C)c2cc(Cl)nc(Cl)c2)N(C)C1. The van der Waals surface area contributed by atoms with Gasteiger partial charge in [0, 0.05) is 12.0 Å². The van der Waals surface area contributed by atoms with Crippen molar-refractivity contribution in [3.05, 3.63) is 38.1 Å². The number of amidine groups is 1. The van der Waals surface area contributed by atoms with Gasteiger partial charge >= 0.3 is 5.97 Å². The minimum absolute atomic E-state index is 0.0242. The predicted molar refractivity (Wildman–Crippen MR) is 97.1 cm³/mol. The van der Waals surface area contributed by atoms with Crippen molar-refractivity contribution in [2.45, 2.75) is 19.0 Å². The number of pyridine rings is 1. The van der Waals surface area contributed by atoms with E-state index in [1.54, 1.807) is 35.9 Å². The van der Waals surface area contributed by atoms with Crippen LogP contribution in [0.4, 0.5) is 0 Å². The van der Waals surface area contributed by atoms with Gasteiger partial charge in [-0.25, -0.2) is 4.98 Å². The Morgan fingerprint density at radius 1 is 1.50 bits per heavy atom. The summed E-state index contributed by atoms with van der Waals surface area (Å²) in [6.45, 7) is 2.16. The largest absolute Gasteiger partial charge is 0.468 e. The molecule has 142 valence electrons. The van der Waals surface area contributed by atoms with Crippen molar-refractivity contribution in [2.75, 3.05) is 33.9 Å². The molecule has 2 atom stereocenters. The summed E-state index contributed by atoms with van der Waals surface area (Å²) in [5, 5.41) is 12.0. The molecule has 0 radical (unpaired) electrons. The number of carbonyl (C=O) groups is 1. The van der Waals surface area contributed by atoms with Crippen LogP contribution in [0.1, 0.15) is 18.5 Å². The number of esters is 1. The molecule has 0 saturated carbocycles. The summed E-state index contributed by atoms with van der Waals surface area (Å²) < 4.78 is 4.63. The lowest BCUT2D eigenvalue weighted by Crippen LogP contribution is -2.58. The van der Waals surface area contributed by atoms with Crippen molar-refractivity contribution < 1.29 is 14.5 Å². The Morgan fingerprint density at radius 2 is 2.12 bits per heavy atom. The Balaban J connectivity index is 2.26. The van der Waals surface area contributed by atoms with Gasteiger partial charge < -0.3 is 9.64 Å². The van der Waals surface area contributed by atoms with E-state index >= 15 is 0 Å². The lowest BCUT2D eigenvalue weighted by Gasteiger charge is -2.36. The third kappa shape index (κ3) is 5.03. The standard InChI is InChI=1S/C15H19Cl2N5O4/c1-9(10-4-12(16)19-13(17)5-10)18-15-11(22(24)25)6-21(8-20(15)2)7-14(23)26-3/h4-5,9,11H,6-8H2,1-3H3. The first-order valence-corrected chi connectivity index (χ1v) is 8.51. The van der Waals surface area contributed by atoms with E-state index in [9.17, 15) is 14.9 Å². The highest BCUT2D eigenvalue weighted by molar-refractivity contribution is 6.32. The molecule has 0 aromatic carbocycles. The van der Waals surface area contributed by atoms with Gasteiger partial charge in [-0.05, 0) is 24.6 Å². The lowest BCUT2D eigenvalue weighted by atomic mass is 10.1. The Kier molecular flexibility index (Phi) is 6.74. The van der Waals surface area contributed by atoms with E-state index in [-0.39, 0.29) is 23.4 Å². The van der Waals surface area contributed by atoms with Gasteiger partial charge in [-0.1, -0.05) is 23.2 Å². The molecule has 2 heterocycles. The van der Waals surface area contributed by atoms with Gasteiger partial charge in [-0.3, -0.25) is 24.8 Å². The van der Waals surface area contributed by atoms with Gasteiger partial charge in [0.2, 0.25) is 0 Å². The number of aromatic nitrogens is 1. The number of halogens is 2. The molecule has 0 bridgehead atoms. The van der Waals surface area contributed by atoms with Gasteiger partial charge in [0.05, 0.1) is 32.9 Å². The Hall–Kier alpha value is -1.97. The van der Waals surface area contributed by atoms with Crippen LogP contribution in [0.5, 0.6) is 0 Å². The monoisotopic (exact) mass is 403 g/mol. The third-order valence-electron chi connectivity index (χ3n) is 3.96. The van der Waals surface area contributed by atoms with E-state index in [4.69, 9.17) is 23.2 Å². The molecule has 11 heteroatoms. The lowest BCUT2D eigenvalue weighted by molar-refractivity contribution is -0.506. The Bertz CT molecular complexity index is 710. The molecule has 2 rings (SSSR count). The quantitative estimate of drug-likeness (QED) is 0.320. The van der Waals surface area contributed by atoms with Crippen LogP contribution in [0.3, 0.4) is 0 Å². The van der Waals surface area contributed by atoms with Crippen LogP contribution in [0.25, 0.3) is 0 Å². The first-order chi connectivity index (χ1) is 12.2. The molecule has 1 aromatic heterocycles. The second-order valence-electron chi connectivity index (χ2n) is 5.94. The van der Waals surface area contributed by atoms with Crippen LogP contribution < -0.4 is 0 Å². The molecular weight excluding hydrogens is 385 g/mol. The molecule has 0 spiro atoms. The highest BCUT2D eigenvalue weighted by Crippen LogP contribution is 2.24. The number of likely N-dealkylation sites (N-methyl/N-ethyl adjacent to an activating group) is 1. The molecule has 1 saturated heterocycles. The molecule has 2 unspecified atom stereocenters. The smallest absolute Gasteiger partial charge is 0.319 e. The summed E-state index contributed by atoms with van der Waals surface area (Å²) in [7, 11) is 2.97. The van der Waals surface area contributed by atoms with Gasteiger partial charge in [0.1, 0.15) is 10.3 Å². The maximum absolute atomic E-state index is 11.5. The van der Waals surface area contributed by atoms with Crippen molar-refractivity contribution in [2.24, 2.45) is 4.99 Å². The molecule has 26 heavy (non-hydrogen) atoms. The minimum Gasteiger partial charge on any atom is -0.468 e. The first kappa shape index (κ1) is 20.3. The molecule has 9 nitrogen and oxygen atoms in total. The number of ether oxygens (including phenoxy) is 1. The summed E-state index contributed by atoms with van der Waals surface area (Å²) in [4.78, 5) is 34.3. The highest BCUT2D eigenvalue weighted by Gasteiger charge is 2.38. The average Bonchev–Trinajstić information content (AvgIpc) is 2.55. The number of hydrogen-bond donors (Lipinski definition) is 0. The van der Waals surface area contributed by atoms with Crippen LogP contribution in [0.15, 0.2) is 17.1 Å². The number of carbonyl (C=O) groups excluding carboxylic acids is 1. The Labute approximate surface area is 160 Å². The van der Waals surface area contributed by atoms with Gasteiger partial charge in [-0.2, -0.15) is 0 Å². The van der Waals surface area contributed by atoms with Crippen molar-refractivity contribution in [3.63, 3.8) is 0 Å². The number of methoxy groups -OCH3 is 1. The van der Waals surface area contributed by atoms with Crippen LogP contribution in [0.2, 0.25) is 10.3 Å². The summed E-state index contributed by atoms with van der Waals surface area (Å²) >= 11 is 11.8. The van der Waals surface area contributed by atoms with E-state index in [1.807, 2.05) is 0 Å². The topological polar surface area (TPSA) is 101 Å². The van der Waals surface area contributed by atoms with Crippen molar-refractivity contribution in [3.8, 4) is 0 Å². The first-order valence-electron chi connectivity index (χ1n) is 7.75. The molecule has 0 amide bonds. The van der Waals surface area contributed by atoms with E-state index in [2.05, 4.69) is 14.7 Å². The molecule has 1 aliphatic heterocycles. The zero-order chi connectivity index (χ0) is 19.4. The molecular formula is C15H19Cl2N5O4. The van der Waals surface area contributed by atoms with Crippen LogP contribution in [0, 0.1) is 10.1 Å². The highest BCUT2D eigenvalue weighted by atomic mass is 35.5. The number of nitrogens with zero attached hydrogens (tertiary/aromatic N) is 5. The third-order valence-corrected chi connectivity index (χ3v) is 4.35. The maximum atomic E-state index is 11.5. The van der Waals surface area contributed by atoms with Gasteiger partial charge in [-0.15, -0.1) is 0 Å². The molecule has 0 aliphatic carbocycles. The van der Waals surface area contributed by atoms with Gasteiger partial charge in [0.15, 0.2) is 5.84 Å². The second-order valence-corrected chi connectivity index (χ2v) is 6.71. The predicted octanol–water partition coefficient (Wildman–Crippen LogP) is 1.87. The maximum Gasteiger partial charge on any atom is 0.319 e. The number of aliphatic imine (C=N–C) groups is 1. The van der Waals surface area contributed by atoms with E-state index in [1.165, 1.54) is 7.11 Å². The average molecular weight is 404 g/mol. The molecule has 1 aromatic rings. The summed E-state index contributed by atoms with van der Waals surface area (Å²) in [6.07, 6.45) is 0. The number of rotatable bonds is 5. The zero-order valence-corrected chi connectivity index (χ0v) is 16.1. The fourth-order valence-electron chi connectivity index (χ4n) is 2.72. The van der Waals surface area contributed by atoms with Crippen LogP contribution >= 0.6 is 23.2 Å². The number of nitro groups is 1. The zero-order valence-electron chi connectivity index (χ0n) is 14.6. The minimum atomic E-state index is -1.06. The molecule has 0 N–H and O–H groups in total. The van der Waals surface area contributed by atoms with E-state index in [0.717, 1.165) is 0 Å². The van der Waals surface area contributed by atoms with Crippen molar-refractivity contribution in [1.82, 2.24) is 14.8 Å². The Morgan fingerprint density at radius 3 is 2.65 bits per heavy atom. The van der Waals surface area contributed by atoms with Crippen LogP contribution in [-0.4, -0.2) is 71.5 Å². The molecule has 1 aliphatic rings. The van der Waals surface area contributed by atoms with E-state index < -0.39 is 23.0 Å². The molecule has 1 fully saturated rings.